The summed E-state index contributed by atoms with van der Waals surface area (Å²) in [7, 11) is 0. The van der Waals surface area contributed by atoms with Crippen LogP contribution in [0.5, 0.6) is 0 Å². The van der Waals surface area contributed by atoms with Crippen LogP contribution in [0, 0.1) is 6.33 Å². The molecule has 10 heavy (non-hydrogen) atoms. The number of anilines is 1. The van der Waals surface area contributed by atoms with Gasteiger partial charge < -0.3 is 9.42 Å². The van der Waals surface area contributed by atoms with Crippen molar-refractivity contribution in [2.45, 2.75) is 12.8 Å². The molecule has 1 aliphatic heterocycles. The van der Waals surface area contributed by atoms with Gasteiger partial charge in [0.1, 0.15) is 0 Å². The summed E-state index contributed by atoms with van der Waals surface area (Å²) >= 11 is 0. The molecule has 1 aromatic rings. The van der Waals surface area contributed by atoms with Gasteiger partial charge in [-0.1, -0.05) is 5.16 Å². The van der Waals surface area contributed by atoms with E-state index in [-0.39, 0.29) is 0 Å². The van der Waals surface area contributed by atoms with E-state index in [1.54, 1.807) is 0 Å². The Morgan fingerprint density at radius 1 is 1.40 bits per heavy atom. The minimum Gasteiger partial charge on any atom is -0.324 e. The monoisotopic (exact) mass is 138 g/mol. The molecule has 4 heteroatoms. The third kappa shape index (κ3) is 0.853. The van der Waals surface area contributed by atoms with Gasteiger partial charge in [-0.05, 0) is 12.8 Å². The molecule has 1 aromatic heterocycles. The van der Waals surface area contributed by atoms with Crippen molar-refractivity contribution in [2.75, 3.05) is 18.0 Å². The zero-order chi connectivity index (χ0) is 6.81. The van der Waals surface area contributed by atoms with E-state index < -0.39 is 0 Å². The van der Waals surface area contributed by atoms with Crippen LogP contribution in [-0.4, -0.2) is 23.2 Å². The van der Waals surface area contributed by atoms with Gasteiger partial charge in [-0.25, -0.2) is 0 Å². The first-order chi connectivity index (χ1) is 4.97. The third-order valence-electron chi connectivity index (χ3n) is 1.69. The Labute approximate surface area is 58.8 Å². The summed E-state index contributed by atoms with van der Waals surface area (Å²) in [5.74, 6) is 0. The number of rotatable bonds is 1. The van der Waals surface area contributed by atoms with Gasteiger partial charge in [0.15, 0.2) is 0 Å². The van der Waals surface area contributed by atoms with Gasteiger partial charge >= 0.3 is 6.01 Å². The molecule has 1 aliphatic rings. The zero-order valence-electron chi connectivity index (χ0n) is 5.58. The van der Waals surface area contributed by atoms with E-state index in [1.807, 2.05) is 0 Å². The van der Waals surface area contributed by atoms with E-state index in [9.17, 15) is 0 Å². The van der Waals surface area contributed by atoms with Gasteiger partial charge in [0.25, 0.3) is 0 Å². The fourth-order valence-electron chi connectivity index (χ4n) is 1.18. The van der Waals surface area contributed by atoms with Crippen LogP contribution in [0.1, 0.15) is 12.8 Å². The highest BCUT2D eigenvalue weighted by molar-refractivity contribution is 5.24. The standard InChI is InChI=1S/C6H8N3O/c1-2-4-9(3-1)6-7-5-8-10-6/h1-4H2. The number of hydrogen-bond donors (Lipinski definition) is 0. The Morgan fingerprint density at radius 2 is 2.20 bits per heavy atom. The largest absolute Gasteiger partial charge is 0.324 e. The van der Waals surface area contributed by atoms with Crippen LogP contribution < -0.4 is 4.90 Å². The predicted octanol–water partition coefficient (Wildman–Crippen LogP) is 0.470. The van der Waals surface area contributed by atoms with Crippen molar-refractivity contribution < 1.29 is 4.52 Å². The minimum atomic E-state index is 0.609. The second-order valence-corrected chi connectivity index (χ2v) is 2.37. The third-order valence-corrected chi connectivity index (χ3v) is 1.69. The zero-order valence-corrected chi connectivity index (χ0v) is 5.58. The van der Waals surface area contributed by atoms with E-state index >= 15 is 0 Å². The normalized spacial score (nSPS) is 18.2. The van der Waals surface area contributed by atoms with Crippen LogP contribution in [0.15, 0.2) is 4.52 Å². The Bertz CT molecular complexity index is 191. The van der Waals surface area contributed by atoms with E-state index in [1.165, 1.54) is 12.8 Å². The molecule has 0 aliphatic carbocycles. The van der Waals surface area contributed by atoms with Crippen molar-refractivity contribution in [1.82, 2.24) is 10.1 Å². The SMILES string of the molecule is [c]1noc(N2CCCC2)n1. The van der Waals surface area contributed by atoms with E-state index in [2.05, 4.69) is 21.4 Å². The van der Waals surface area contributed by atoms with E-state index in [0.717, 1.165) is 13.1 Å². The Balaban J connectivity index is 2.12. The number of nitrogens with zero attached hydrogens (tertiary/aromatic N) is 3. The van der Waals surface area contributed by atoms with Crippen LogP contribution in [0.25, 0.3) is 0 Å². The molecular formula is C6H8N3O. The molecular weight excluding hydrogens is 130 g/mol. The maximum Gasteiger partial charge on any atom is 0.324 e. The van der Waals surface area contributed by atoms with Gasteiger partial charge in [-0.3, -0.25) is 0 Å². The number of hydrogen-bond acceptors (Lipinski definition) is 4. The molecule has 0 atom stereocenters. The summed E-state index contributed by atoms with van der Waals surface area (Å²) < 4.78 is 4.83. The topological polar surface area (TPSA) is 42.2 Å². The second-order valence-electron chi connectivity index (χ2n) is 2.37. The summed E-state index contributed by atoms with van der Waals surface area (Å²) in [5, 5.41) is 3.41. The van der Waals surface area contributed by atoms with Gasteiger partial charge in [0, 0.05) is 13.1 Å². The lowest BCUT2D eigenvalue weighted by atomic mass is 10.4. The van der Waals surface area contributed by atoms with Crippen LogP contribution >= 0.6 is 0 Å². The summed E-state index contributed by atoms with van der Waals surface area (Å²) in [6.07, 6.45) is 4.85. The van der Waals surface area contributed by atoms with Gasteiger partial charge in [-0.15, -0.1) is 0 Å². The molecule has 0 bridgehead atoms. The Kier molecular flexibility index (Phi) is 1.30. The van der Waals surface area contributed by atoms with Gasteiger partial charge in [0.05, 0.1) is 0 Å². The van der Waals surface area contributed by atoms with E-state index in [0.29, 0.717) is 6.01 Å². The average Bonchev–Trinajstić information content (AvgIpc) is 2.59. The predicted molar refractivity (Wildman–Crippen MR) is 34.6 cm³/mol. The average molecular weight is 138 g/mol. The smallest absolute Gasteiger partial charge is 0.324 e. The molecule has 2 rings (SSSR count). The molecule has 4 nitrogen and oxygen atoms in total. The lowest BCUT2D eigenvalue weighted by molar-refractivity contribution is 0.416. The van der Waals surface area contributed by atoms with Crippen molar-refractivity contribution in [2.24, 2.45) is 0 Å². The lowest BCUT2D eigenvalue weighted by Crippen LogP contribution is -2.17. The fraction of sp³-hybridized carbons (Fsp3) is 0.667. The van der Waals surface area contributed by atoms with Crippen LogP contribution in [0.4, 0.5) is 6.01 Å². The first kappa shape index (κ1) is 5.70. The van der Waals surface area contributed by atoms with Crippen molar-refractivity contribution in [3.05, 3.63) is 6.33 Å². The van der Waals surface area contributed by atoms with Gasteiger partial charge in [-0.2, -0.15) is 4.98 Å². The van der Waals surface area contributed by atoms with Crippen LogP contribution in [-0.2, 0) is 0 Å². The van der Waals surface area contributed by atoms with Crippen molar-refractivity contribution >= 4 is 6.01 Å². The second kappa shape index (κ2) is 2.28. The molecule has 1 fully saturated rings. The summed E-state index contributed by atoms with van der Waals surface area (Å²) in [5.41, 5.74) is 0. The molecule has 0 amide bonds. The molecule has 0 saturated carbocycles. The highest BCUT2D eigenvalue weighted by Crippen LogP contribution is 2.15. The fourth-order valence-corrected chi connectivity index (χ4v) is 1.18. The molecule has 0 N–H and O–H groups in total. The molecule has 1 saturated heterocycles. The lowest BCUT2D eigenvalue weighted by Gasteiger charge is -2.08. The van der Waals surface area contributed by atoms with Crippen molar-refractivity contribution in [3.8, 4) is 0 Å². The summed E-state index contributed by atoms with van der Waals surface area (Å²) in [6, 6.07) is 0.609. The molecule has 0 unspecified atom stereocenters. The molecule has 53 valence electrons. The van der Waals surface area contributed by atoms with Crippen LogP contribution in [0.3, 0.4) is 0 Å². The quantitative estimate of drug-likeness (QED) is 0.565. The maximum absolute atomic E-state index is 4.83. The van der Waals surface area contributed by atoms with Crippen molar-refractivity contribution in [3.63, 3.8) is 0 Å². The first-order valence-corrected chi connectivity index (χ1v) is 3.41. The Morgan fingerprint density at radius 3 is 2.80 bits per heavy atom. The van der Waals surface area contributed by atoms with E-state index in [4.69, 9.17) is 4.52 Å². The molecule has 2 heterocycles. The molecule has 1 radical (unpaired) electrons. The van der Waals surface area contributed by atoms with Crippen molar-refractivity contribution in [1.29, 1.82) is 0 Å². The number of aromatic nitrogens is 2. The summed E-state index contributed by atoms with van der Waals surface area (Å²) in [4.78, 5) is 5.89. The first-order valence-electron chi connectivity index (χ1n) is 3.41. The molecule has 0 spiro atoms. The van der Waals surface area contributed by atoms with Crippen LogP contribution in [0.2, 0.25) is 0 Å². The maximum atomic E-state index is 4.83. The Hall–Kier alpha value is -1.06. The highest BCUT2D eigenvalue weighted by atomic mass is 16.5. The highest BCUT2D eigenvalue weighted by Gasteiger charge is 2.15. The minimum absolute atomic E-state index is 0.609. The molecule has 0 aromatic carbocycles. The summed E-state index contributed by atoms with van der Waals surface area (Å²) in [6.45, 7) is 2.08. The van der Waals surface area contributed by atoms with Gasteiger partial charge in [0.2, 0.25) is 6.33 Å².